The molecule has 0 bridgehead atoms. The quantitative estimate of drug-likeness (QED) is 0.677. The first kappa shape index (κ1) is 22.9. The minimum atomic E-state index is -0.705. The lowest BCUT2D eigenvalue weighted by molar-refractivity contribution is -0.140. The Kier molecular flexibility index (Phi) is 8.21. The molecule has 156 valence electrons. The first-order valence-electron chi connectivity index (χ1n) is 9.81. The zero-order valence-corrected chi connectivity index (χ0v) is 18.1. The summed E-state index contributed by atoms with van der Waals surface area (Å²) in [6.45, 7) is 7.81. The Morgan fingerprint density at radius 3 is 2.38 bits per heavy atom. The third kappa shape index (κ3) is 6.29. The Morgan fingerprint density at radius 2 is 1.79 bits per heavy atom. The number of nitrogens with one attached hydrogen (secondary N) is 1. The van der Waals surface area contributed by atoms with Crippen LogP contribution in [0.2, 0.25) is 5.02 Å². The highest BCUT2D eigenvalue weighted by atomic mass is 35.5. The van der Waals surface area contributed by atoms with Crippen molar-refractivity contribution in [1.29, 1.82) is 0 Å². The van der Waals surface area contributed by atoms with Crippen LogP contribution in [-0.4, -0.2) is 28.8 Å². The number of benzene rings is 2. The molecular formula is C23H28ClFN2O2. The molecular weight excluding hydrogens is 391 g/mol. The minimum absolute atomic E-state index is 0.00212. The predicted molar refractivity (Wildman–Crippen MR) is 114 cm³/mol. The molecule has 0 aromatic heterocycles. The lowest BCUT2D eigenvalue weighted by atomic mass is 10.1. The van der Waals surface area contributed by atoms with Crippen LogP contribution in [0.15, 0.2) is 42.5 Å². The second-order valence-electron chi connectivity index (χ2n) is 7.38. The van der Waals surface area contributed by atoms with Gasteiger partial charge in [0.2, 0.25) is 11.8 Å². The number of halogens is 2. The van der Waals surface area contributed by atoms with Crippen LogP contribution in [0.5, 0.6) is 0 Å². The average molecular weight is 419 g/mol. The van der Waals surface area contributed by atoms with Crippen molar-refractivity contribution < 1.29 is 14.0 Å². The molecule has 0 unspecified atom stereocenters. The molecule has 2 rings (SSSR count). The van der Waals surface area contributed by atoms with Gasteiger partial charge in [0.15, 0.2) is 0 Å². The van der Waals surface area contributed by atoms with E-state index >= 15 is 0 Å². The van der Waals surface area contributed by atoms with Gasteiger partial charge < -0.3 is 10.2 Å². The molecule has 0 fully saturated rings. The highest BCUT2D eigenvalue weighted by Gasteiger charge is 2.27. The molecule has 2 atom stereocenters. The Bertz CT molecular complexity index is 834. The van der Waals surface area contributed by atoms with Gasteiger partial charge in [0.25, 0.3) is 0 Å². The number of amides is 2. The van der Waals surface area contributed by atoms with Crippen LogP contribution < -0.4 is 5.32 Å². The van der Waals surface area contributed by atoms with Crippen LogP contribution in [0.3, 0.4) is 0 Å². The maximum atomic E-state index is 14.2. The maximum Gasteiger partial charge on any atom is 0.242 e. The van der Waals surface area contributed by atoms with Crippen molar-refractivity contribution in [3.63, 3.8) is 0 Å². The van der Waals surface area contributed by atoms with Gasteiger partial charge in [0.05, 0.1) is 6.42 Å². The van der Waals surface area contributed by atoms with E-state index in [0.717, 1.165) is 17.5 Å². The Morgan fingerprint density at radius 1 is 1.14 bits per heavy atom. The minimum Gasteiger partial charge on any atom is -0.352 e. The summed E-state index contributed by atoms with van der Waals surface area (Å²) in [6.07, 6.45) is 0.577. The fraction of sp³-hybridized carbons (Fsp3) is 0.391. The Balaban J connectivity index is 2.28. The molecule has 0 heterocycles. The third-order valence-electron chi connectivity index (χ3n) is 5.03. The molecule has 0 saturated carbocycles. The second-order valence-corrected chi connectivity index (χ2v) is 7.79. The zero-order chi connectivity index (χ0) is 21.6. The molecule has 6 heteroatoms. The van der Waals surface area contributed by atoms with Gasteiger partial charge in [0, 0.05) is 23.2 Å². The van der Waals surface area contributed by atoms with Crippen LogP contribution >= 0.6 is 11.6 Å². The first-order chi connectivity index (χ1) is 13.7. The summed E-state index contributed by atoms with van der Waals surface area (Å²) in [5.41, 5.74) is 2.14. The van der Waals surface area contributed by atoms with Gasteiger partial charge in [-0.2, -0.15) is 0 Å². The van der Waals surface area contributed by atoms with Crippen LogP contribution in [0, 0.1) is 12.7 Å². The largest absolute Gasteiger partial charge is 0.352 e. The molecule has 2 amide bonds. The van der Waals surface area contributed by atoms with Gasteiger partial charge >= 0.3 is 0 Å². The number of nitrogens with zero attached hydrogens (tertiary/aromatic N) is 1. The van der Waals surface area contributed by atoms with Crippen LogP contribution in [0.1, 0.15) is 43.9 Å². The van der Waals surface area contributed by atoms with Crippen LogP contribution in [0.25, 0.3) is 0 Å². The van der Waals surface area contributed by atoms with Gasteiger partial charge in [-0.05, 0) is 44.9 Å². The zero-order valence-electron chi connectivity index (χ0n) is 17.3. The van der Waals surface area contributed by atoms with E-state index in [1.807, 2.05) is 45.0 Å². The molecule has 0 aliphatic heterocycles. The van der Waals surface area contributed by atoms with Gasteiger partial charge in [-0.3, -0.25) is 9.59 Å². The highest BCUT2D eigenvalue weighted by Crippen LogP contribution is 2.21. The molecule has 4 nitrogen and oxygen atoms in total. The molecule has 0 spiro atoms. The molecule has 0 saturated heterocycles. The molecule has 0 radical (unpaired) electrons. The van der Waals surface area contributed by atoms with Gasteiger partial charge in [-0.15, -0.1) is 0 Å². The van der Waals surface area contributed by atoms with Crippen molar-refractivity contribution in [3.05, 3.63) is 70.0 Å². The predicted octanol–water partition coefficient (Wildman–Crippen LogP) is 4.66. The molecule has 0 aliphatic rings. The summed E-state index contributed by atoms with van der Waals surface area (Å²) >= 11 is 6.10. The topological polar surface area (TPSA) is 49.4 Å². The average Bonchev–Trinajstić information content (AvgIpc) is 2.69. The normalized spacial score (nSPS) is 12.9. The van der Waals surface area contributed by atoms with E-state index in [0.29, 0.717) is 0 Å². The van der Waals surface area contributed by atoms with E-state index < -0.39 is 11.9 Å². The maximum absolute atomic E-state index is 14.2. The number of hydrogen-bond acceptors (Lipinski definition) is 2. The second kappa shape index (κ2) is 10.4. The van der Waals surface area contributed by atoms with Gasteiger partial charge in [0.1, 0.15) is 11.9 Å². The SMILES string of the molecule is CC[C@@H](C)NC(=O)[C@@H](C)N(Cc1ccc(C)cc1)C(=O)Cc1c(F)cccc1Cl. The number of rotatable bonds is 8. The van der Waals surface area contributed by atoms with E-state index in [1.165, 1.54) is 17.0 Å². The molecule has 0 aliphatic carbocycles. The van der Waals surface area contributed by atoms with E-state index in [1.54, 1.807) is 13.0 Å². The van der Waals surface area contributed by atoms with Gasteiger partial charge in [-0.1, -0.05) is 54.4 Å². The molecule has 2 aromatic carbocycles. The number of carbonyl (C=O) groups is 2. The van der Waals surface area contributed by atoms with Crippen LogP contribution in [0.4, 0.5) is 4.39 Å². The standard InChI is InChI=1S/C23H28ClFN2O2/c1-5-16(3)26-23(29)17(4)27(14-18-11-9-15(2)10-12-18)22(28)13-19-20(24)7-6-8-21(19)25/h6-12,16-17H,5,13-14H2,1-4H3,(H,26,29)/t16-,17-/m1/s1. The third-order valence-corrected chi connectivity index (χ3v) is 5.39. The van der Waals surface area contributed by atoms with Crippen molar-refractivity contribution in [3.8, 4) is 0 Å². The monoisotopic (exact) mass is 418 g/mol. The highest BCUT2D eigenvalue weighted by molar-refractivity contribution is 6.31. The lowest BCUT2D eigenvalue weighted by Gasteiger charge is -2.30. The Labute approximate surface area is 177 Å². The number of aryl methyl sites for hydroxylation is 1. The summed E-state index contributed by atoms with van der Waals surface area (Å²) < 4.78 is 14.2. The van der Waals surface area contributed by atoms with Gasteiger partial charge in [-0.25, -0.2) is 4.39 Å². The Hall–Kier alpha value is -2.40. The van der Waals surface area contributed by atoms with Crippen molar-refractivity contribution >= 4 is 23.4 Å². The van der Waals surface area contributed by atoms with Crippen molar-refractivity contribution in [2.45, 2.75) is 59.2 Å². The summed E-state index contributed by atoms with van der Waals surface area (Å²) in [4.78, 5) is 27.3. The fourth-order valence-electron chi connectivity index (χ4n) is 2.89. The fourth-order valence-corrected chi connectivity index (χ4v) is 3.12. The van der Waals surface area contributed by atoms with Crippen LogP contribution in [-0.2, 0) is 22.6 Å². The first-order valence-corrected chi connectivity index (χ1v) is 10.2. The van der Waals surface area contributed by atoms with Crippen molar-refractivity contribution in [2.75, 3.05) is 0 Å². The lowest BCUT2D eigenvalue weighted by Crippen LogP contribution is -2.50. The molecule has 29 heavy (non-hydrogen) atoms. The summed E-state index contributed by atoms with van der Waals surface area (Å²) in [6, 6.07) is 11.4. The molecule has 2 aromatic rings. The van der Waals surface area contributed by atoms with Crippen molar-refractivity contribution in [1.82, 2.24) is 10.2 Å². The summed E-state index contributed by atoms with van der Waals surface area (Å²) in [7, 11) is 0. The van der Waals surface area contributed by atoms with E-state index in [9.17, 15) is 14.0 Å². The molecule has 1 N–H and O–H groups in total. The summed E-state index contributed by atoms with van der Waals surface area (Å²) in [5, 5.41) is 3.11. The van der Waals surface area contributed by atoms with E-state index in [2.05, 4.69) is 5.32 Å². The van der Waals surface area contributed by atoms with Crippen molar-refractivity contribution in [2.24, 2.45) is 0 Å². The smallest absolute Gasteiger partial charge is 0.242 e. The van der Waals surface area contributed by atoms with E-state index in [-0.39, 0.29) is 41.4 Å². The summed E-state index contributed by atoms with van der Waals surface area (Å²) in [5.74, 6) is -1.12. The van der Waals surface area contributed by atoms with E-state index in [4.69, 9.17) is 11.6 Å². The number of carbonyl (C=O) groups excluding carboxylic acids is 2. The number of hydrogen-bond donors (Lipinski definition) is 1.